The van der Waals surface area contributed by atoms with Crippen molar-refractivity contribution in [2.75, 3.05) is 11.9 Å². The van der Waals surface area contributed by atoms with Crippen molar-refractivity contribution in [3.8, 4) is 0 Å². The van der Waals surface area contributed by atoms with Gasteiger partial charge in [-0.2, -0.15) is 0 Å². The van der Waals surface area contributed by atoms with Crippen molar-refractivity contribution in [2.24, 2.45) is 5.73 Å². The van der Waals surface area contributed by atoms with E-state index in [1.54, 1.807) is 6.92 Å². The Bertz CT molecular complexity index is 462. The Morgan fingerprint density at radius 1 is 1.59 bits per heavy atom. The zero-order chi connectivity index (χ0) is 13.0. The van der Waals surface area contributed by atoms with Gasteiger partial charge in [-0.05, 0) is 18.6 Å². The lowest BCUT2D eigenvalue weighted by molar-refractivity contribution is -0.384. The van der Waals surface area contributed by atoms with Gasteiger partial charge in [0, 0.05) is 24.7 Å². The molecule has 7 heteroatoms. The van der Waals surface area contributed by atoms with Crippen LogP contribution in [0.25, 0.3) is 0 Å². The number of nitrogens with zero attached hydrogens (tertiary/aromatic N) is 1. The van der Waals surface area contributed by atoms with E-state index in [-0.39, 0.29) is 29.6 Å². The van der Waals surface area contributed by atoms with Crippen LogP contribution in [-0.4, -0.2) is 17.4 Å². The van der Waals surface area contributed by atoms with E-state index in [0.29, 0.717) is 11.3 Å². The molecule has 0 aliphatic heterocycles. The number of amides is 1. The predicted octanol–water partition coefficient (Wildman–Crippen LogP) is 1.84. The zero-order valence-corrected chi connectivity index (χ0v) is 9.95. The molecule has 1 aromatic rings. The Morgan fingerprint density at radius 3 is 2.76 bits per heavy atom. The van der Waals surface area contributed by atoms with E-state index in [0.717, 1.165) is 0 Å². The molecule has 92 valence electrons. The molecule has 0 saturated heterocycles. The highest BCUT2D eigenvalue weighted by Gasteiger charge is 2.15. The number of nitrogens with two attached hydrogens (primary N) is 1. The van der Waals surface area contributed by atoms with Gasteiger partial charge < -0.3 is 11.1 Å². The maximum atomic E-state index is 11.3. The van der Waals surface area contributed by atoms with Gasteiger partial charge in [-0.3, -0.25) is 14.9 Å². The van der Waals surface area contributed by atoms with Crippen LogP contribution in [0.2, 0.25) is 5.02 Å². The van der Waals surface area contributed by atoms with Gasteiger partial charge in [0.15, 0.2) is 0 Å². The van der Waals surface area contributed by atoms with Gasteiger partial charge in [0.2, 0.25) is 5.91 Å². The van der Waals surface area contributed by atoms with Crippen LogP contribution in [-0.2, 0) is 4.79 Å². The summed E-state index contributed by atoms with van der Waals surface area (Å²) in [6.45, 7) is 1.90. The molecule has 0 aliphatic rings. The second-order valence-corrected chi connectivity index (χ2v) is 3.87. The molecule has 1 rings (SSSR count). The number of nitro groups is 1. The molecule has 17 heavy (non-hydrogen) atoms. The second kappa shape index (κ2) is 5.60. The van der Waals surface area contributed by atoms with Crippen molar-refractivity contribution >= 4 is 28.9 Å². The van der Waals surface area contributed by atoms with Gasteiger partial charge in [0.25, 0.3) is 5.69 Å². The molecular weight excluding hydrogens is 246 g/mol. The molecule has 1 amide bonds. The summed E-state index contributed by atoms with van der Waals surface area (Å²) in [7, 11) is 0. The number of benzene rings is 1. The Hall–Kier alpha value is -1.66. The average Bonchev–Trinajstić information content (AvgIpc) is 2.22. The monoisotopic (exact) mass is 257 g/mol. The van der Waals surface area contributed by atoms with Crippen LogP contribution in [0.5, 0.6) is 0 Å². The van der Waals surface area contributed by atoms with Gasteiger partial charge in [-0.25, -0.2) is 0 Å². The average molecular weight is 258 g/mol. The molecule has 0 radical (unpaired) electrons. The summed E-state index contributed by atoms with van der Waals surface area (Å²) in [5.41, 5.74) is 6.09. The summed E-state index contributed by atoms with van der Waals surface area (Å²) in [4.78, 5) is 21.4. The highest BCUT2D eigenvalue weighted by Crippen LogP contribution is 2.30. The first kappa shape index (κ1) is 13.4. The molecule has 0 unspecified atom stereocenters. The van der Waals surface area contributed by atoms with E-state index >= 15 is 0 Å². The number of nitro benzene ring substituents is 1. The number of aryl methyl sites for hydroxylation is 1. The SMILES string of the molecule is Cc1cc([N+](=O)[O-])c(Cl)cc1NC(=O)CCN. The summed E-state index contributed by atoms with van der Waals surface area (Å²) in [6, 6.07) is 2.68. The first-order valence-electron chi connectivity index (χ1n) is 4.90. The standard InChI is InChI=1S/C10H12ClN3O3/c1-6-4-9(14(16)17)7(11)5-8(6)13-10(15)2-3-12/h4-5H,2-3,12H2,1H3,(H,13,15). The second-order valence-electron chi connectivity index (χ2n) is 3.46. The van der Waals surface area contributed by atoms with Crippen molar-refractivity contribution in [1.29, 1.82) is 0 Å². The molecule has 3 N–H and O–H groups in total. The lowest BCUT2D eigenvalue weighted by atomic mass is 10.1. The molecule has 0 fully saturated rings. The molecule has 0 aromatic heterocycles. The van der Waals surface area contributed by atoms with Gasteiger partial charge in [0.05, 0.1) is 4.92 Å². The normalized spacial score (nSPS) is 10.1. The summed E-state index contributed by atoms with van der Waals surface area (Å²) < 4.78 is 0. The maximum absolute atomic E-state index is 11.3. The Labute approximate surface area is 103 Å². The number of nitrogens with one attached hydrogen (secondary N) is 1. The molecular formula is C10H12ClN3O3. The third-order valence-electron chi connectivity index (χ3n) is 2.14. The van der Waals surface area contributed by atoms with E-state index < -0.39 is 4.92 Å². The fourth-order valence-electron chi connectivity index (χ4n) is 1.28. The molecule has 0 heterocycles. The minimum atomic E-state index is -0.569. The first-order valence-corrected chi connectivity index (χ1v) is 5.28. The lowest BCUT2D eigenvalue weighted by Gasteiger charge is -2.08. The van der Waals surface area contributed by atoms with Crippen LogP contribution in [0.4, 0.5) is 11.4 Å². The van der Waals surface area contributed by atoms with Crippen molar-refractivity contribution in [3.05, 3.63) is 32.8 Å². The van der Waals surface area contributed by atoms with Gasteiger partial charge in [-0.15, -0.1) is 0 Å². The van der Waals surface area contributed by atoms with Gasteiger partial charge in [-0.1, -0.05) is 11.6 Å². The lowest BCUT2D eigenvalue weighted by Crippen LogP contribution is -2.16. The van der Waals surface area contributed by atoms with E-state index in [2.05, 4.69) is 5.32 Å². The number of carbonyl (C=O) groups is 1. The summed E-state index contributed by atoms with van der Waals surface area (Å²) in [5.74, 6) is -0.250. The van der Waals surface area contributed by atoms with Crippen LogP contribution >= 0.6 is 11.6 Å². The number of anilines is 1. The summed E-state index contributed by atoms with van der Waals surface area (Å²) in [5, 5.41) is 13.2. The van der Waals surface area contributed by atoms with Crippen LogP contribution in [0.1, 0.15) is 12.0 Å². The number of rotatable bonds is 4. The van der Waals surface area contributed by atoms with Crippen LogP contribution in [0, 0.1) is 17.0 Å². The quantitative estimate of drug-likeness (QED) is 0.635. The van der Waals surface area contributed by atoms with E-state index in [9.17, 15) is 14.9 Å². The largest absolute Gasteiger partial charge is 0.330 e. The number of hydrogen-bond donors (Lipinski definition) is 2. The van der Waals surface area contributed by atoms with Crippen molar-refractivity contribution in [1.82, 2.24) is 0 Å². The van der Waals surface area contributed by atoms with E-state index in [1.165, 1.54) is 12.1 Å². The van der Waals surface area contributed by atoms with Crippen LogP contribution in [0.15, 0.2) is 12.1 Å². The number of carbonyl (C=O) groups excluding carboxylic acids is 1. The molecule has 0 aliphatic carbocycles. The van der Waals surface area contributed by atoms with Crippen LogP contribution in [0.3, 0.4) is 0 Å². The van der Waals surface area contributed by atoms with Crippen molar-refractivity contribution in [2.45, 2.75) is 13.3 Å². The summed E-state index contributed by atoms with van der Waals surface area (Å²) in [6.07, 6.45) is 0.189. The summed E-state index contributed by atoms with van der Waals surface area (Å²) >= 11 is 5.74. The molecule has 0 atom stereocenters. The first-order chi connectivity index (χ1) is 7.95. The Kier molecular flexibility index (Phi) is 4.42. The molecule has 0 bridgehead atoms. The van der Waals surface area contributed by atoms with Crippen molar-refractivity contribution < 1.29 is 9.72 Å². The fourth-order valence-corrected chi connectivity index (χ4v) is 1.52. The van der Waals surface area contributed by atoms with Gasteiger partial charge >= 0.3 is 0 Å². The Morgan fingerprint density at radius 2 is 2.24 bits per heavy atom. The topological polar surface area (TPSA) is 98.3 Å². The maximum Gasteiger partial charge on any atom is 0.288 e. The fraction of sp³-hybridized carbons (Fsp3) is 0.300. The smallest absolute Gasteiger partial charge is 0.288 e. The third kappa shape index (κ3) is 3.40. The third-order valence-corrected chi connectivity index (χ3v) is 2.44. The highest BCUT2D eigenvalue weighted by atomic mass is 35.5. The van der Waals surface area contributed by atoms with E-state index in [4.69, 9.17) is 17.3 Å². The number of halogens is 1. The molecule has 0 saturated carbocycles. The predicted molar refractivity (Wildman–Crippen MR) is 65.1 cm³/mol. The van der Waals surface area contributed by atoms with E-state index in [1.807, 2.05) is 0 Å². The number of hydrogen-bond acceptors (Lipinski definition) is 4. The van der Waals surface area contributed by atoms with Gasteiger partial charge in [0.1, 0.15) is 5.02 Å². The minimum Gasteiger partial charge on any atom is -0.330 e. The molecule has 1 aromatic carbocycles. The zero-order valence-electron chi connectivity index (χ0n) is 9.20. The molecule has 0 spiro atoms. The highest BCUT2D eigenvalue weighted by molar-refractivity contribution is 6.33. The van der Waals surface area contributed by atoms with Crippen LogP contribution < -0.4 is 11.1 Å². The van der Waals surface area contributed by atoms with Crippen molar-refractivity contribution in [3.63, 3.8) is 0 Å². The molecule has 6 nitrogen and oxygen atoms in total. The minimum absolute atomic E-state index is 0.0105. The Balaban J connectivity index is 2.99.